The van der Waals surface area contributed by atoms with Crippen LogP contribution in [0.25, 0.3) is 0 Å². The van der Waals surface area contributed by atoms with Crippen molar-refractivity contribution in [2.45, 2.75) is 235 Å². The first-order valence-electron chi connectivity index (χ1n) is 37.7. The molecule has 0 heterocycles. The first kappa shape index (κ1) is 78.1. The summed E-state index contributed by atoms with van der Waals surface area (Å²) in [6.45, 7) is 50.7. The van der Waals surface area contributed by atoms with Gasteiger partial charge in [-0.2, -0.15) is 0 Å². The number of hydrogen-bond acceptors (Lipinski definition) is 10. The van der Waals surface area contributed by atoms with Crippen LogP contribution in [0.1, 0.15) is 258 Å². The van der Waals surface area contributed by atoms with E-state index in [9.17, 15) is 0 Å². The Labute approximate surface area is 578 Å². The maximum absolute atomic E-state index is 7.13. The summed E-state index contributed by atoms with van der Waals surface area (Å²) in [7, 11) is 0. The van der Waals surface area contributed by atoms with E-state index in [1.54, 1.807) is 0 Å². The van der Waals surface area contributed by atoms with Crippen molar-refractivity contribution >= 4 is 0 Å². The summed E-state index contributed by atoms with van der Waals surface area (Å²) < 4.78 is 71.3. The highest BCUT2D eigenvalue weighted by molar-refractivity contribution is 5.60. The fraction of sp³-hybridized carbons (Fsp3) is 0.647. The maximum Gasteiger partial charge on any atom is 0.123 e. The molecule has 10 aliphatic carbocycles. The van der Waals surface area contributed by atoms with Crippen LogP contribution in [0.5, 0.6) is 57.5 Å². The summed E-state index contributed by atoms with van der Waals surface area (Å²) in [4.78, 5) is 0. The van der Waals surface area contributed by atoms with Crippen LogP contribution in [-0.2, 0) is 32.1 Å². The summed E-state index contributed by atoms with van der Waals surface area (Å²) in [5.74, 6) is 11.7. The lowest BCUT2D eigenvalue weighted by Crippen LogP contribution is -2.14. The van der Waals surface area contributed by atoms with Gasteiger partial charge in [-0.15, -0.1) is 0 Å². The molecule has 0 N–H and O–H groups in total. The van der Waals surface area contributed by atoms with Crippen molar-refractivity contribution in [1.82, 2.24) is 0 Å². The van der Waals surface area contributed by atoms with Gasteiger partial charge in [0.05, 0.1) is 66.1 Å². The summed E-state index contributed by atoms with van der Waals surface area (Å²) in [6, 6.07) is 22.6. The first-order valence-corrected chi connectivity index (χ1v) is 37.7. The fourth-order valence-corrected chi connectivity index (χ4v) is 10.5. The van der Waals surface area contributed by atoms with Crippen LogP contribution >= 0.6 is 0 Å². The second-order valence-electron chi connectivity index (χ2n) is 29.5. The van der Waals surface area contributed by atoms with Gasteiger partial charge in [0, 0.05) is 87.7 Å². The highest BCUT2D eigenvalue weighted by Crippen LogP contribution is 2.44. The minimum Gasteiger partial charge on any atom is -0.493 e. The first-order chi connectivity index (χ1) is 45.7. The third-order valence-electron chi connectivity index (χ3n) is 20.3. The Morgan fingerprint density at radius 3 is 0.337 bits per heavy atom. The molecule has 10 atom stereocenters. The lowest BCUT2D eigenvalue weighted by Gasteiger charge is -2.24. The quantitative estimate of drug-likeness (QED) is 0.0370. The van der Waals surface area contributed by atoms with Gasteiger partial charge in [0.25, 0.3) is 0 Å². The molecule has 95 heavy (non-hydrogen) atoms. The third-order valence-corrected chi connectivity index (χ3v) is 20.3. The fourth-order valence-electron chi connectivity index (χ4n) is 10.5. The van der Waals surface area contributed by atoms with Gasteiger partial charge in [0.15, 0.2) is 0 Å². The zero-order valence-corrected chi connectivity index (χ0v) is 63.3. The molecule has 10 bridgehead atoms. The van der Waals surface area contributed by atoms with E-state index in [1.165, 1.54) is 0 Å². The van der Waals surface area contributed by atoms with Crippen molar-refractivity contribution in [3.63, 3.8) is 0 Å². The van der Waals surface area contributed by atoms with Crippen LogP contribution in [-0.4, -0.2) is 66.1 Å². The van der Waals surface area contributed by atoms with Crippen LogP contribution in [0.15, 0.2) is 60.7 Å². The van der Waals surface area contributed by atoms with Gasteiger partial charge >= 0.3 is 0 Å². The van der Waals surface area contributed by atoms with E-state index < -0.39 is 0 Å². The molecule has 0 aromatic heterocycles. The van der Waals surface area contributed by atoms with Crippen LogP contribution < -0.4 is 47.4 Å². The molecule has 15 rings (SSSR count). The number of ether oxygens (including phenoxy) is 10. The lowest BCUT2D eigenvalue weighted by atomic mass is 9.94. The Kier molecular flexibility index (Phi) is 33.0. The number of rotatable bonds is 40. The molecule has 10 aliphatic rings. The summed E-state index contributed by atoms with van der Waals surface area (Å²) in [5.41, 5.74) is 10.3. The Hall–Kier alpha value is -5.90. The minimum atomic E-state index is 0.332. The van der Waals surface area contributed by atoms with Gasteiger partial charge in [-0.3, -0.25) is 0 Å². The normalized spacial score (nSPS) is 15.6. The molecule has 0 fully saturated rings. The van der Waals surface area contributed by atoms with Crippen LogP contribution in [0.4, 0.5) is 0 Å². The highest BCUT2D eigenvalue weighted by atomic mass is 16.5. The average molecular weight is 1310 g/mol. The standard InChI is InChI=1S/C85H130O10/c1-21-56(11)46-86-76-36-67-32-69-39-81(91-51-61(16)26-6)71(41-80(69)90-50-60(15)25-5)34-73-43-85(95-55-65(20)30-10)75(45-84(73)94-54-64(19)29-9)35-74-44-82(92-52-62(17)27-7)72(42-83(74)93-53-63(18)28-8)33-70-40-78(88-48-58(13)23-3)68(38-79(70)89-49-59(14)24-4)31-66(76)37-77(67)87-47-57(12)22-2/h36-45,56-65H,21-35,46-55H2,1-20H3/t56-,57-,58-,59-,60-,61-,62-,63-,64-,65+/m0/s1. The Bertz CT molecular complexity index is 2400. The van der Waals surface area contributed by atoms with Gasteiger partial charge in [0.1, 0.15) is 57.5 Å². The van der Waals surface area contributed by atoms with Crippen molar-refractivity contribution < 1.29 is 47.4 Å². The molecule has 0 radical (unpaired) electrons. The molecule has 5 aromatic rings. The largest absolute Gasteiger partial charge is 0.493 e. The van der Waals surface area contributed by atoms with Gasteiger partial charge in [-0.25, -0.2) is 0 Å². The van der Waals surface area contributed by atoms with Crippen LogP contribution in [0, 0.1) is 59.2 Å². The molecule has 0 saturated carbocycles. The number of hydrogen-bond donors (Lipinski definition) is 0. The monoisotopic (exact) mass is 1310 g/mol. The zero-order valence-electron chi connectivity index (χ0n) is 63.3. The summed E-state index contributed by atoms with van der Waals surface area (Å²) in [6.07, 6.45) is 12.5. The second-order valence-corrected chi connectivity index (χ2v) is 29.5. The SMILES string of the molecule is CC[C@@H](C)COc1cc2c(OC[C@@H](C)CC)cc1Cc1cc(OC[C@@H](C)CC)c(cc1OC[C@@H](C)CC)Cc1cc(OC[C@@H](C)CC)c(cc1OC[C@@H](C)CC)Cc1cc(OC[C@@H](C)CC)c(cc1OC[C@@H](C)CC)Cc1cc(OC[C@@H](C)CC)c(cc1OC[C@@H](C)CC)C2. The summed E-state index contributed by atoms with van der Waals surface area (Å²) in [5, 5.41) is 0. The molecule has 0 saturated heterocycles. The molecule has 0 amide bonds. The second kappa shape index (κ2) is 40.1. The molecule has 0 unspecified atom stereocenters. The van der Waals surface area contributed by atoms with E-state index in [1.807, 2.05) is 0 Å². The predicted octanol–water partition coefficient (Wildman–Crippen LogP) is 22.2. The molecule has 10 nitrogen and oxygen atoms in total. The molecule has 0 spiro atoms. The van der Waals surface area contributed by atoms with E-state index in [2.05, 4.69) is 199 Å². The van der Waals surface area contributed by atoms with Gasteiger partial charge in [0.2, 0.25) is 0 Å². The minimum absolute atomic E-state index is 0.332. The zero-order chi connectivity index (χ0) is 69.1. The third kappa shape index (κ3) is 24.3. The van der Waals surface area contributed by atoms with Crippen molar-refractivity contribution in [2.75, 3.05) is 66.1 Å². The summed E-state index contributed by atoms with van der Waals surface area (Å²) >= 11 is 0. The van der Waals surface area contributed by atoms with Gasteiger partial charge in [-0.1, -0.05) is 203 Å². The molecule has 0 aliphatic heterocycles. The highest BCUT2D eigenvalue weighted by Gasteiger charge is 2.27. The van der Waals surface area contributed by atoms with E-state index >= 15 is 0 Å². The predicted molar refractivity (Wildman–Crippen MR) is 396 cm³/mol. The van der Waals surface area contributed by atoms with Crippen molar-refractivity contribution in [2.24, 2.45) is 59.2 Å². The van der Waals surface area contributed by atoms with E-state index in [4.69, 9.17) is 47.4 Å². The van der Waals surface area contributed by atoms with E-state index in [0.717, 1.165) is 177 Å². The molecule has 10 heteroatoms. The molecule has 530 valence electrons. The number of benzene rings is 5. The topological polar surface area (TPSA) is 92.3 Å². The van der Waals surface area contributed by atoms with Crippen LogP contribution in [0.2, 0.25) is 0 Å². The Balaban J connectivity index is 1.83. The van der Waals surface area contributed by atoms with Crippen LogP contribution in [0.3, 0.4) is 0 Å². The lowest BCUT2D eigenvalue weighted by molar-refractivity contribution is 0.243. The van der Waals surface area contributed by atoms with Crippen molar-refractivity contribution in [3.8, 4) is 57.5 Å². The van der Waals surface area contributed by atoms with Gasteiger partial charge in [-0.05, 0) is 120 Å². The molecular formula is C85H130O10. The average Bonchev–Trinajstić information content (AvgIpc) is 1.05. The molecular weight excluding hydrogens is 1180 g/mol. The Morgan fingerprint density at radius 1 is 0.179 bits per heavy atom. The smallest absolute Gasteiger partial charge is 0.123 e. The van der Waals surface area contributed by atoms with E-state index in [0.29, 0.717) is 157 Å². The van der Waals surface area contributed by atoms with Crippen molar-refractivity contribution in [1.29, 1.82) is 0 Å². The Morgan fingerprint density at radius 2 is 0.263 bits per heavy atom. The molecule has 5 aromatic carbocycles. The van der Waals surface area contributed by atoms with Crippen molar-refractivity contribution in [3.05, 3.63) is 116 Å². The van der Waals surface area contributed by atoms with E-state index in [-0.39, 0.29) is 0 Å². The van der Waals surface area contributed by atoms with Gasteiger partial charge < -0.3 is 47.4 Å². The maximum atomic E-state index is 7.13.